The van der Waals surface area contributed by atoms with Gasteiger partial charge in [-0.15, -0.1) is 0 Å². The Bertz CT molecular complexity index is 872. The number of unbranched alkanes of at least 4 members (excludes halogenated alkanes) is 2. The molecule has 0 bridgehead atoms. The summed E-state index contributed by atoms with van der Waals surface area (Å²) in [7, 11) is 0. The molecule has 0 aromatic carbocycles. The van der Waals surface area contributed by atoms with Gasteiger partial charge >= 0.3 is 0 Å². The van der Waals surface area contributed by atoms with E-state index in [4.69, 9.17) is 0 Å². The predicted molar refractivity (Wildman–Crippen MR) is 155 cm³/mol. The molecule has 0 aliphatic carbocycles. The molecule has 3 N–H and O–H groups in total. The molecule has 0 radical (unpaired) electrons. The van der Waals surface area contributed by atoms with E-state index in [2.05, 4.69) is 88.6 Å². The van der Waals surface area contributed by atoms with E-state index in [1.165, 1.54) is 6.20 Å². The van der Waals surface area contributed by atoms with Gasteiger partial charge in [-0.05, 0) is 77.0 Å². The van der Waals surface area contributed by atoms with Crippen molar-refractivity contribution >= 4 is 11.8 Å². The third kappa shape index (κ3) is 18.6. The Labute approximate surface area is 224 Å². The lowest BCUT2D eigenvalue weighted by molar-refractivity contribution is -0.122. The molecular weight excluding hydrogens is 460 g/mol. The van der Waals surface area contributed by atoms with E-state index in [0.717, 1.165) is 57.9 Å². The van der Waals surface area contributed by atoms with E-state index in [-0.39, 0.29) is 11.8 Å². The van der Waals surface area contributed by atoms with Crippen LogP contribution < -0.4 is 16.0 Å². The van der Waals surface area contributed by atoms with Gasteiger partial charge in [0.25, 0.3) is 5.91 Å². The molecule has 0 fully saturated rings. The number of pyridine rings is 1. The van der Waals surface area contributed by atoms with Gasteiger partial charge in [0.05, 0.1) is 5.56 Å². The molecule has 202 valence electrons. The molecule has 0 aliphatic heterocycles. The van der Waals surface area contributed by atoms with E-state index in [1.807, 2.05) is 0 Å². The lowest BCUT2D eigenvalue weighted by Gasteiger charge is -2.14. The molecule has 6 nitrogen and oxygen atoms in total. The SMILES string of the molecule is CC/C=C\CC=CCC=CC/C=C\C/C=C\CCCCNCCNC(=O)[C@H](C)NC(=O)c1cccnc1. The first-order valence-corrected chi connectivity index (χ1v) is 13.6. The summed E-state index contributed by atoms with van der Waals surface area (Å²) in [6, 6.07) is 2.75. The molecule has 0 saturated heterocycles. The fraction of sp³-hybridized carbons (Fsp3) is 0.452. The minimum Gasteiger partial charge on any atom is -0.353 e. The normalized spacial score (nSPS) is 12.9. The first kappa shape index (κ1) is 31.8. The van der Waals surface area contributed by atoms with Gasteiger partial charge in [0.2, 0.25) is 5.91 Å². The summed E-state index contributed by atoms with van der Waals surface area (Å²) in [6.45, 7) is 5.98. The summed E-state index contributed by atoms with van der Waals surface area (Å²) in [4.78, 5) is 28.1. The van der Waals surface area contributed by atoms with Crippen molar-refractivity contribution in [2.45, 2.75) is 71.3 Å². The maximum atomic E-state index is 12.1. The Morgan fingerprint density at radius 2 is 1.46 bits per heavy atom. The van der Waals surface area contributed by atoms with Crippen molar-refractivity contribution < 1.29 is 9.59 Å². The van der Waals surface area contributed by atoms with Crippen molar-refractivity contribution in [3.05, 3.63) is 90.9 Å². The number of aromatic nitrogens is 1. The molecule has 37 heavy (non-hydrogen) atoms. The average molecular weight is 507 g/mol. The van der Waals surface area contributed by atoms with Crippen molar-refractivity contribution in [2.75, 3.05) is 19.6 Å². The maximum absolute atomic E-state index is 12.1. The van der Waals surface area contributed by atoms with Crippen LogP contribution in [0.1, 0.15) is 75.6 Å². The van der Waals surface area contributed by atoms with Gasteiger partial charge in [-0.25, -0.2) is 0 Å². The van der Waals surface area contributed by atoms with Crippen LogP contribution in [0.15, 0.2) is 85.3 Å². The number of hydrogen-bond donors (Lipinski definition) is 3. The smallest absolute Gasteiger partial charge is 0.253 e. The zero-order valence-electron chi connectivity index (χ0n) is 22.7. The molecule has 1 aromatic rings. The van der Waals surface area contributed by atoms with Crippen LogP contribution in [0.2, 0.25) is 0 Å². The van der Waals surface area contributed by atoms with Crippen molar-refractivity contribution in [1.82, 2.24) is 20.9 Å². The minimum atomic E-state index is -0.601. The topological polar surface area (TPSA) is 83.1 Å². The fourth-order valence-corrected chi connectivity index (χ4v) is 3.28. The summed E-state index contributed by atoms with van der Waals surface area (Å²) < 4.78 is 0. The highest BCUT2D eigenvalue weighted by atomic mass is 16.2. The van der Waals surface area contributed by atoms with Crippen LogP contribution in [-0.4, -0.2) is 42.5 Å². The van der Waals surface area contributed by atoms with Crippen LogP contribution in [-0.2, 0) is 4.79 Å². The molecule has 0 aliphatic rings. The van der Waals surface area contributed by atoms with Crippen molar-refractivity contribution in [3.8, 4) is 0 Å². The van der Waals surface area contributed by atoms with Gasteiger partial charge in [0, 0.05) is 25.5 Å². The van der Waals surface area contributed by atoms with E-state index < -0.39 is 6.04 Å². The molecule has 0 saturated carbocycles. The summed E-state index contributed by atoms with van der Waals surface area (Å²) in [5.74, 6) is -0.501. The zero-order chi connectivity index (χ0) is 26.8. The third-order valence-electron chi connectivity index (χ3n) is 5.40. The Kier molecular flexibility index (Phi) is 19.9. The van der Waals surface area contributed by atoms with Crippen molar-refractivity contribution in [3.63, 3.8) is 0 Å². The molecular formula is C31H46N4O2. The summed E-state index contributed by atoms with van der Waals surface area (Å²) >= 11 is 0. The monoisotopic (exact) mass is 506 g/mol. The predicted octanol–water partition coefficient (Wildman–Crippen LogP) is 5.83. The van der Waals surface area contributed by atoms with Gasteiger partial charge in [-0.1, -0.05) is 67.7 Å². The highest BCUT2D eigenvalue weighted by Crippen LogP contribution is 1.99. The van der Waals surface area contributed by atoms with Crippen LogP contribution in [0.5, 0.6) is 0 Å². The average Bonchev–Trinajstić information content (AvgIpc) is 2.91. The van der Waals surface area contributed by atoms with Crippen LogP contribution in [0.3, 0.4) is 0 Å². The highest BCUT2D eigenvalue weighted by molar-refractivity contribution is 5.97. The largest absolute Gasteiger partial charge is 0.353 e. The van der Waals surface area contributed by atoms with E-state index in [9.17, 15) is 9.59 Å². The van der Waals surface area contributed by atoms with E-state index in [1.54, 1.807) is 25.3 Å². The van der Waals surface area contributed by atoms with Gasteiger partial charge in [-0.2, -0.15) is 0 Å². The van der Waals surface area contributed by atoms with Crippen LogP contribution in [0, 0.1) is 0 Å². The molecule has 6 heteroatoms. The number of nitrogens with zero attached hydrogens (tertiary/aromatic N) is 1. The Morgan fingerprint density at radius 3 is 2.05 bits per heavy atom. The number of nitrogens with one attached hydrogen (secondary N) is 3. The second-order valence-electron chi connectivity index (χ2n) is 8.68. The summed E-state index contributed by atoms with van der Waals surface area (Å²) in [5.41, 5.74) is 0.438. The van der Waals surface area contributed by atoms with Crippen LogP contribution >= 0.6 is 0 Å². The van der Waals surface area contributed by atoms with Crippen molar-refractivity contribution in [2.24, 2.45) is 0 Å². The molecule has 0 unspecified atom stereocenters. The zero-order valence-corrected chi connectivity index (χ0v) is 22.7. The molecule has 1 heterocycles. The van der Waals surface area contributed by atoms with Crippen LogP contribution in [0.25, 0.3) is 0 Å². The van der Waals surface area contributed by atoms with Crippen LogP contribution in [0.4, 0.5) is 0 Å². The van der Waals surface area contributed by atoms with Gasteiger partial charge in [0.1, 0.15) is 6.04 Å². The number of rotatable bonds is 20. The lowest BCUT2D eigenvalue weighted by atomic mass is 10.2. The van der Waals surface area contributed by atoms with Gasteiger partial charge in [0.15, 0.2) is 0 Å². The quantitative estimate of drug-likeness (QED) is 0.154. The minimum absolute atomic E-state index is 0.197. The first-order valence-electron chi connectivity index (χ1n) is 13.6. The fourth-order valence-electron chi connectivity index (χ4n) is 3.28. The summed E-state index contributed by atoms with van der Waals surface area (Å²) in [5, 5.41) is 8.87. The lowest BCUT2D eigenvalue weighted by Crippen LogP contribution is -2.46. The molecule has 1 atom stereocenters. The second-order valence-corrected chi connectivity index (χ2v) is 8.68. The number of hydrogen-bond acceptors (Lipinski definition) is 4. The number of amides is 2. The number of allylic oxidation sites excluding steroid dienone is 10. The highest BCUT2D eigenvalue weighted by Gasteiger charge is 2.15. The van der Waals surface area contributed by atoms with Gasteiger partial charge < -0.3 is 16.0 Å². The van der Waals surface area contributed by atoms with Gasteiger partial charge in [-0.3, -0.25) is 14.6 Å². The second kappa shape index (κ2) is 23.2. The number of carbonyl (C=O) groups excluding carboxylic acids is 2. The Hall–Kier alpha value is -3.25. The molecule has 0 spiro atoms. The Morgan fingerprint density at radius 1 is 0.838 bits per heavy atom. The van der Waals surface area contributed by atoms with E-state index >= 15 is 0 Å². The summed E-state index contributed by atoms with van der Waals surface area (Å²) in [6.07, 6.45) is 33.7. The first-order chi connectivity index (χ1) is 18.1. The maximum Gasteiger partial charge on any atom is 0.253 e. The molecule has 1 rings (SSSR count). The standard InChI is InChI=1S/C31H46N4O2/c1-3-4-5-6-7-8-9-10-11-12-13-14-15-16-17-18-19-20-23-32-25-26-34-30(36)28(2)35-31(37)29-22-21-24-33-27-29/h4-5,7-8,10-11,13-14,16-17,21-22,24,27-28,32H,3,6,9,12,15,18-20,23,25-26H2,1-2H3,(H,34,36)(H,35,37)/b5-4-,8-7?,11-10?,14-13-,17-16-/t28-/m0/s1. The number of carbonyl (C=O) groups is 2. The van der Waals surface area contributed by atoms with Crippen molar-refractivity contribution in [1.29, 1.82) is 0 Å². The molecule has 1 aromatic heterocycles. The van der Waals surface area contributed by atoms with E-state index in [0.29, 0.717) is 18.7 Å². The Balaban J connectivity index is 1.93. The molecule has 2 amide bonds. The third-order valence-corrected chi connectivity index (χ3v) is 5.40.